The highest BCUT2D eigenvalue weighted by Crippen LogP contribution is 2.26. The monoisotopic (exact) mass is 367 g/mol. The highest BCUT2D eigenvalue weighted by atomic mass is 16.2. The fraction of sp³-hybridized carbons (Fsp3) is 0.400. The van der Waals surface area contributed by atoms with E-state index in [9.17, 15) is 19.2 Å². The average molecular weight is 367 g/mol. The van der Waals surface area contributed by atoms with E-state index in [1.54, 1.807) is 12.3 Å². The maximum absolute atomic E-state index is 12.9. The highest BCUT2D eigenvalue weighted by molar-refractivity contribution is 5.99. The number of aromatic nitrogens is 1. The van der Waals surface area contributed by atoms with Crippen molar-refractivity contribution in [3.63, 3.8) is 0 Å². The topological polar surface area (TPSA) is 88.5 Å². The van der Waals surface area contributed by atoms with Gasteiger partial charge in [-0.3, -0.25) is 19.7 Å². The van der Waals surface area contributed by atoms with Crippen LogP contribution in [0.1, 0.15) is 31.7 Å². The van der Waals surface area contributed by atoms with Crippen LogP contribution in [0, 0.1) is 5.92 Å². The van der Waals surface area contributed by atoms with Gasteiger partial charge < -0.3 is 14.3 Å². The first-order valence-corrected chi connectivity index (χ1v) is 9.25. The van der Waals surface area contributed by atoms with Gasteiger partial charge in [0.15, 0.2) is 0 Å². The molecular formula is C20H21N3O4. The van der Waals surface area contributed by atoms with Crippen LogP contribution in [0.2, 0.25) is 0 Å². The molecule has 4 rings (SSSR count). The first-order valence-electron chi connectivity index (χ1n) is 9.25. The number of nitrogens with zero attached hydrogens (tertiary/aromatic N) is 2. The lowest BCUT2D eigenvalue weighted by Crippen LogP contribution is -2.44. The molecule has 3 heterocycles. The molecule has 140 valence electrons. The third-order valence-corrected chi connectivity index (χ3v) is 5.56. The molecule has 1 aromatic heterocycles. The van der Waals surface area contributed by atoms with Crippen LogP contribution < -0.4 is 15.8 Å². The molecule has 1 aromatic carbocycles. The van der Waals surface area contributed by atoms with Gasteiger partial charge in [0.2, 0.25) is 11.8 Å². The maximum Gasteiger partial charge on any atom is 0.259 e. The number of piperidine rings is 2. The number of fused-ring (bicyclic) bond motifs is 1. The summed E-state index contributed by atoms with van der Waals surface area (Å²) in [5, 5.41) is 3.66. The van der Waals surface area contributed by atoms with Crippen LogP contribution in [0.5, 0.6) is 0 Å². The van der Waals surface area contributed by atoms with Crippen molar-refractivity contribution in [2.75, 3.05) is 18.0 Å². The van der Waals surface area contributed by atoms with E-state index in [-0.39, 0.29) is 23.8 Å². The third-order valence-electron chi connectivity index (χ3n) is 5.56. The van der Waals surface area contributed by atoms with Crippen molar-refractivity contribution in [2.24, 2.45) is 5.92 Å². The molecule has 7 heteroatoms. The first kappa shape index (κ1) is 17.5. The Morgan fingerprint density at radius 3 is 2.52 bits per heavy atom. The van der Waals surface area contributed by atoms with Gasteiger partial charge in [0.1, 0.15) is 12.3 Å². The smallest absolute Gasteiger partial charge is 0.259 e. The summed E-state index contributed by atoms with van der Waals surface area (Å²) < 4.78 is 1.42. The zero-order valence-electron chi connectivity index (χ0n) is 14.9. The van der Waals surface area contributed by atoms with Crippen molar-refractivity contribution in [2.45, 2.75) is 31.7 Å². The minimum absolute atomic E-state index is 0.141. The molecule has 0 saturated carbocycles. The van der Waals surface area contributed by atoms with Crippen molar-refractivity contribution in [3.8, 4) is 0 Å². The summed E-state index contributed by atoms with van der Waals surface area (Å²) in [4.78, 5) is 49.4. The first-order chi connectivity index (χ1) is 13.1. The minimum Gasteiger partial charge on any atom is -0.371 e. The summed E-state index contributed by atoms with van der Waals surface area (Å²) in [5.74, 6) is -0.585. The number of imide groups is 1. The van der Waals surface area contributed by atoms with Gasteiger partial charge in [-0.1, -0.05) is 0 Å². The second-order valence-corrected chi connectivity index (χ2v) is 7.23. The summed E-state index contributed by atoms with van der Waals surface area (Å²) in [6, 6.07) is 6.87. The van der Waals surface area contributed by atoms with Gasteiger partial charge in [0.25, 0.3) is 5.56 Å². The highest BCUT2D eigenvalue weighted by Gasteiger charge is 2.29. The van der Waals surface area contributed by atoms with Gasteiger partial charge in [-0.15, -0.1) is 0 Å². The molecule has 2 fully saturated rings. The standard InChI is InChI=1S/C20H21N3O4/c24-12-13-5-8-22(9-6-13)15-1-2-16-14(11-15)7-10-23(20(16)27)17-3-4-18(25)21-19(17)26/h1-2,7,10-13,17H,3-6,8-9H2,(H,21,25,26). The molecular weight excluding hydrogens is 346 g/mol. The molecule has 0 aliphatic carbocycles. The maximum atomic E-state index is 12.9. The number of aldehydes is 1. The Bertz CT molecular complexity index is 973. The second kappa shape index (κ2) is 6.98. The zero-order valence-corrected chi connectivity index (χ0v) is 14.9. The lowest BCUT2D eigenvalue weighted by molar-refractivity contribution is -0.135. The number of hydrogen-bond donors (Lipinski definition) is 1. The Morgan fingerprint density at radius 1 is 1.04 bits per heavy atom. The van der Waals surface area contributed by atoms with Crippen LogP contribution in [-0.4, -0.2) is 35.8 Å². The Kier molecular flexibility index (Phi) is 4.51. The normalized spacial score (nSPS) is 21.3. The summed E-state index contributed by atoms with van der Waals surface area (Å²) >= 11 is 0. The molecule has 1 N–H and O–H groups in total. The molecule has 27 heavy (non-hydrogen) atoms. The molecule has 2 aromatic rings. The third kappa shape index (κ3) is 3.25. The van der Waals surface area contributed by atoms with Crippen LogP contribution >= 0.6 is 0 Å². The number of amides is 2. The second-order valence-electron chi connectivity index (χ2n) is 7.23. The molecule has 0 spiro atoms. The lowest BCUT2D eigenvalue weighted by atomic mass is 9.98. The predicted octanol–water partition coefficient (Wildman–Crippen LogP) is 1.39. The molecule has 7 nitrogen and oxygen atoms in total. The molecule has 2 aliphatic rings. The van der Waals surface area contributed by atoms with Crippen molar-refractivity contribution in [1.29, 1.82) is 0 Å². The van der Waals surface area contributed by atoms with Gasteiger partial charge in [-0.05, 0) is 48.9 Å². The number of benzene rings is 1. The predicted molar refractivity (Wildman–Crippen MR) is 101 cm³/mol. The van der Waals surface area contributed by atoms with Gasteiger partial charge in [0, 0.05) is 42.7 Å². The van der Waals surface area contributed by atoms with Gasteiger partial charge in [-0.2, -0.15) is 0 Å². The average Bonchev–Trinajstić information content (AvgIpc) is 2.69. The van der Waals surface area contributed by atoms with Crippen molar-refractivity contribution < 1.29 is 14.4 Å². The SMILES string of the molecule is O=CC1CCN(c2ccc3c(=O)n(C4CCC(=O)NC4=O)ccc3c2)CC1. The molecule has 0 radical (unpaired) electrons. The minimum atomic E-state index is -0.651. The lowest BCUT2D eigenvalue weighted by Gasteiger charge is -2.31. The van der Waals surface area contributed by atoms with Crippen LogP contribution in [-0.2, 0) is 14.4 Å². The van der Waals surface area contributed by atoms with Gasteiger partial charge in [-0.25, -0.2) is 0 Å². The number of nitrogens with one attached hydrogen (secondary N) is 1. The van der Waals surface area contributed by atoms with Crippen LogP contribution in [0.3, 0.4) is 0 Å². The summed E-state index contributed by atoms with van der Waals surface area (Å²) in [6.45, 7) is 1.64. The Balaban J connectivity index is 1.63. The number of carbonyl (C=O) groups excluding carboxylic acids is 3. The van der Waals surface area contributed by atoms with Gasteiger partial charge >= 0.3 is 0 Å². The van der Waals surface area contributed by atoms with E-state index in [0.717, 1.165) is 43.3 Å². The Labute approximate surface area is 156 Å². The zero-order chi connectivity index (χ0) is 19.0. The van der Waals surface area contributed by atoms with E-state index in [1.165, 1.54) is 4.57 Å². The van der Waals surface area contributed by atoms with Crippen molar-refractivity contribution in [3.05, 3.63) is 40.8 Å². The molecule has 1 atom stereocenters. The van der Waals surface area contributed by atoms with Crippen LogP contribution in [0.4, 0.5) is 5.69 Å². The van der Waals surface area contributed by atoms with Crippen LogP contribution in [0.25, 0.3) is 10.8 Å². The number of anilines is 1. The van der Waals surface area contributed by atoms with E-state index in [2.05, 4.69) is 10.2 Å². The molecule has 0 bridgehead atoms. The largest absolute Gasteiger partial charge is 0.371 e. The summed E-state index contributed by atoms with van der Waals surface area (Å²) in [5.41, 5.74) is 0.804. The number of rotatable bonds is 3. The van der Waals surface area contributed by atoms with E-state index >= 15 is 0 Å². The fourth-order valence-electron chi connectivity index (χ4n) is 3.93. The number of carbonyl (C=O) groups is 3. The van der Waals surface area contributed by atoms with Crippen LogP contribution in [0.15, 0.2) is 35.3 Å². The Hall–Kier alpha value is -2.96. The van der Waals surface area contributed by atoms with Crippen molar-refractivity contribution >= 4 is 34.6 Å². The van der Waals surface area contributed by atoms with Gasteiger partial charge in [0.05, 0.1) is 0 Å². The van der Waals surface area contributed by atoms with E-state index in [4.69, 9.17) is 0 Å². The quantitative estimate of drug-likeness (QED) is 0.654. The fourth-order valence-corrected chi connectivity index (χ4v) is 3.93. The van der Waals surface area contributed by atoms with E-state index in [0.29, 0.717) is 11.8 Å². The molecule has 2 aliphatic heterocycles. The molecule has 2 amide bonds. The molecule has 2 saturated heterocycles. The van der Waals surface area contributed by atoms with E-state index < -0.39 is 11.9 Å². The molecule has 1 unspecified atom stereocenters. The summed E-state index contributed by atoms with van der Waals surface area (Å²) in [7, 11) is 0. The van der Waals surface area contributed by atoms with E-state index in [1.807, 2.05) is 18.2 Å². The number of hydrogen-bond acceptors (Lipinski definition) is 5. The number of pyridine rings is 1. The van der Waals surface area contributed by atoms with Crippen molar-refractivity contribution in [1.82, 2.24) is 9.88 Å². The Morgan fingerprint density at radius 2 is 1.81 bits per heavy atom. The summed E-state index contributed by atoms with van der Waals surface area (Å²) in [6.07, 6.45) is 4.93.